The maximum atomic E-state index is 12.5. The Morgan fingerprint density at radius 2 is 2.00 bits per heavy atom. The first-order chi connectivity index (χ1) is 12.1. The van der Waals surface area contributed by atoms with Crippen molar-refractivity contribution < 1.29 is 27.2 Å². The summed E-state index contributed by atoms with van der Waals surface area (Å²) in [6, 6.07) is 9.52. The zero-order valence-corrected chi connectivity index (χ0v) is 14.3. The molecule has 0 aliphatic carbocycles. The molecule has 8 heteroatoms. The smallest absolute Gasteiger partial charge is 0.310 e. The van der Waals surface area contributed by atoms with Gasteiger partial charge in [0.1, 0.15) is 0 Å². The summed E-state index contributed by atoms with van der Waals surface area (Å²) in [6.07, 6.45) is 3.40. The molecule has 25 heavy (non-hydrogen) atoms. The van der Waals surface area contributed by atoms with Crippen LogP contribution in [0.15, 0.2) is 52.0 Å². The first-order valence-electron chi connectivity index (χ1n) is 7.98. The van der Waals surface area contributed by atoms with Crippen LogP contribution < -0.4 is 5.48 Å². The molecule has 1 saturated heterocycles. The molecule has 0 spiro atoms. The van der Waals surface area contributed by atoms with E-state index >= 15 is 0 Å². The number of nitrogens with one attached hydrogen (secondary N) is 1. The van der Waals surface area contributed by atoms with Gasteiger partial charge in [-0.05, 0) is 31.0 Å². The van der Waals surface area contributed by atoms with Crippen molar-refractivity contribution in [1.29, 1.82) is 0 Å². The summed E-state index contributed by atoms with van der Waals surface area (Å²) >= 11 is 0. The Labute approximate surface area is 145 Å². The van der Waals surface area contributed by atoms with E-state index in [-0.39, 0.29) is 22.0 Å². The van der Waals surface area contributed by atoms with E-state index in [0.29, 0.717) is 13.0 Å². The number of ether oxygens (including phenoxy) is 1. The summed E-state index contributed by atoms with van der Waals surface area (Å²) in [5, 5.41) is 0. The number of benzene rings is 1. The lowest BCUT2D eigenvalue weighted by molar-refractivity contribution is -0.187. The molecule has 1 amide bonds. The lowest BCUT2D eigenvalue weighted by Gasteiger charge is -2.21. The van der Waals surface area contributed by atoms with Gasteiger partial charge >= 0.3 is 5.91 Å². The molecule has 2 aromatic rings. The molecule has 0 radical (unpaired) electrons. The zero-order chi connectivity index (χ0) is 17.7. The highest BCUT2D eigenvalue weighted by atomic mass is 32.2. The van der Waals surface area contributed by atoms with Crippen LogP contribution in [0.4, 0.5) is 0 Å². The van der Waals surface area contributed by atoms with Gasteiger partial charge in [-0.1, -0.05) is 18.2 Å². The molecule has 7 nitrogen and oxygen atoms in total. The molecule has 2 heterocycles. The Bertz CT molecular complexity index is 809. The van der Waals surface area contributed by atoms with Crippen molar-refractivity contribution in [2.75, 3.05) is 6.61 Å². The van der Waals surface area contributed by atoms with Crippen molar-refractivity contribution in [2.45, 2.75) is 36.2 Å². The van der Waals surface area contributed by atoms with Crippen LogP contribution in [0.3, 0.4) is 0 Å². The first kappa shape index (κ1) is 17.7. The molecule has 1 fully saturated rings. The van der Waals surface area contributed by atoms with Gasteiger partial charge in [0, 0.05) is 18.6 Å². The Morgan fingerprint density at radius 3 is 2.72 bits per heavy atom. The number of carbonyl (C=O) groups excluding carboxylic acids is 1. The highest BCUT2D eigenvalue weighted by Gasteiger charge is 2.24. The largest absolute Gasteiger partial charge is 0.459 e. The quantitative estimate of drug-likeness (QED) is 0.790. The van der Waals surface area contributed by atoms with Gasteiger partial charge in [0.15, 0.2) is 21.9 Å². The van der Waals surface area contributed by atoms with Gasteiger partial charge in [-0.25, -0.2) is 18.7 Å². The van der Waals surface area contributed by atoms with Crippen LogP contribution in [0.2, 0.25) is 0 Å². The highest BCUT2D eigenvalue weighted by molar-refractivity contribution is 7.90. The van der Waals surface area contributed by atoms with Gasteiger partial charge in [0.25, 0.3) is 0 Å². The number of sulfone groups is 1. The van der Waals surface area contributed by atoms with Gasteiger partial charge < -0.3 is 9.15 Å². The molecule has 1 atom stereocenters. The molecule has 1 aromatic heterocycles. The van der Waals surface area contributed by atoms with Crippen molar-refractivity contribution in [2.24, 2.45) is 0 Å². The van der Waals surface area contributed by atoms with E-state index in [1.54, 1.807) is 18.2 Å². The van der Waals surface area contributed by atoms with Crippen LogP contribution in [0.25, 0.3) is 0 Å². The van der Waals surface area contributed by atoms with Crippen LogP contribution in [-0.4, -0.2) is 27.2 Å². The maximum absolute atomic E-state index is 12.5. The van der Waals surface area contributed by atoms with E-state index in [2.05, 4.69) is 5.48 Å². The van der Waals surface area contributed by atoms with Crippen LogP contribution in [-0.2, 0) is 25.2 Å². The minimum absolute atomic E-state index is 0.0877. The van der Waals surface area contributed by atoms with Gasteiger partial charge in [0.05, 0.1) is 16.9 Å². The zero-order valence-electron chi connectivity index (χ0n) is 13.5. The molecule has 1 N–H and O–H groups in total. The standard InChI is InChI=1S/C17H19NO6S/c19-17(18-24-15-8-4-5-10-22-15)16-13(9-11-23-16)12-25(20,21)14-6-2-1-3-7-14/h1-3,6-7,9,11,15H,4-5,8,10,12H2,(H,18,19). The Morgan fingerprint density at radius 1 is 1.20 bits per heavy atom. The first-order valence-corrected chi connectivity index (χ1v) is 9.63. The number of hydrogen-bond donors (Lipinski definition) is 1. The molecular weight excluding hydrogens is 346 g/mol. The van der Waals surface area contributed by atoms with Crippen molar-refractivity contribution in [3.05, 3.63) is 54.0 Å². The lowest BCUT2D eigenvalue weighted by Crippen LogP contribution is -2.33. The molecule has 3 rings (SSSR count). The fourth-order valence-corrected chi connectivity index (χ4v) is 3.91. The van der Waals surface area contributed by atoms with E-state index in [4.69, 9.17) is 14.0 Å². The number of amides is 1. The molecule has 1 aromatic carbocycles. The van der Waals surface area contributed by atoms with E-state index in [9.17, 15) is 13.2 Å². The maximum Gasteiger partial charge on any atom is 0.310 e. The molecule has 0 saturated carbocycles. The summed E-state index contributed by atoms with van der Waals surface area (Å²) in [7, 11) is -3.58. The second kappa shape index (κ2) is 7.81. The number of rotatable bonds is 6. The normalized spacial score (nSPS) is 18.0. The molecule has 1 unspecified atom stereocenters. The third-order valence-corrected chi connectivity index (χ3v) is 5.50. The monoisotopic (exact) mass is 365 g/mol. The molecule has 0 bridgehead atoms. The fourth-order valence-electron chi connectivity index (χ4n) is 2.53. The molecule has 1 aliphatic heterocycles. The van der Waals surface area contributed by atoms with E-state index in [1.807, 2.05) is 0 Å². The van der Waals surface area contributed by atoms with Crippen LogP contribution in [0, 0.1) is 0 Å². The van der Waals surface area contributed by atoms with Gasteiger partial charge in [-0.3, -0.25) is 4.79 Å². The van der Waals surface area contributed by atoms with Gasteiger partial charge in [-0.2, -0.15) is 0 Å². The third-order valence-electron chi connectivity index (χ3n) is 3.82. The fraction of sp³-hybridized carbons (Fsp3) is 0.353. The number of hydrogen-bond acceptors (Lipinski definition) is 6. The summed E-state index contributed by atoms with van der Waals surface area (Å²) in [6.45, 7) is 0.585. The van der Waals surface area contributed by atoms with Crippen LogP contribution >= 0.6 is 0 Å². The average molecular weight is 365 g/mol. The highest BCUT2D eigenvalue weighted by Crippen LogP contribution is 2.20. The third kappa shape index (κ3) is 4.47. The van der Waals surface area contributed by atoms with Crippen LogP contribution in [0.5, 0.6) is 0 Å². The van der Waals surface area contributed by atoms with Gasteiger partial charge in [-0.15, -0.1) is 0 Å². The van der Waals surface area contributed by atoms with Gasteiger partial charge in [0.2, 0.25) is 0 Å². The number of carbonyl (C=O) groups is 1. The van der Waals surface area contributed by atoms with E-state index in [0.717, 1.165) is 12.8 Å². The average Bonchev–Trinajstić information content (AvgIpc) is 3.09. The number of furan rings is 1. The summed E-state index contributed by atoms with van der Waals surface area (Å²) in [5.41, 5.74) is 2.54. The van der Waals surface area contributed by atoms with Crippen molar-refractivity contribution in [3.8, 4) is 0 Å². The Hall–Kier alpha value is -2.16. The van der Waals surface area contributed by atoms with E-state index in [1.165, 1.54) is 24.5 Å². The topological polar surface area (TPSA) is 94.8 Å². The van der Waals surface area contributed by atoms with E-state index < -0.39 is 22.0 Å². The summed E-state index contributed by atoms with van der Waals surface area (Å²) in [5.74, 6) is -1.07. The Balaban J connectivity index is 1.66. The van der Waals surface area contributed by atoms with Crippen LogP contribution in [0.1, 0.15) is 35.4 Å². The minimum atomic E-state index is -3.58. The molecule has 1 aliphatic rings. The predicted molar refractivity (Wildman–Crippen MR) is 88.2 cm³/mol. The Kier molecular flexibility index (Phi) is 5.52. The second-order valence-electron chi connectivity index (χ2n) is 5.69. The second-order valence-corrected chi connectivity index (χ2v) is 7.68. The minimum Gasteiger partial charge on any atom is -0.459 e. The lowest BCUT2D eigenvalue weighted by atomic mass is 10.2. The molecular formula is C17H19NO6S. The summed E-state index contributed by atoms with van der Waals surface area (Å²) < 4.78 is 35.4. The predicted octanol–water partition coefficient (Wildman–Crippen LogP) is 2.44. The SMILES string of the molecule is O=C(NOC1CCCCO1)c1occc1CS(=O)(=O)c1ccccc1. The van der Waals surface area contributed by atoms with Crippen molar-refractivity contribution >= 4 is 15.7 Å². The number of hydroxylamine groups is 1. The van der Waals surface area contributed by atoms with Crippen molar-refractivity contribution in [3.63, 3.8) is 0 Å². The summed E-state index contributed by atoms with van der Waals surface area (Å²) in [4.78, 5) is 17.6. The molecule has 134 valence electrons. The van der Waals surface area contributed by atoms with Crippen molar-refractivity contribution in [1.82, 2.24) is 5.48 Å².